The molecule has 0 saturated carbocycles. The minimum absolute atomic E-state index is 0.0296. The second-order valence-electron chi connectivity index (χ2n) is 7.62. The summed E-state index contributed by atoms with van der Waals surface area (Å²) in [4.78, 5) is 0. The second-order valence-corrected chi connectivity index (χ2v) is 10.5. The molecule has 36 heavy (non-hydrogen) atoms. The van der Waals surface area contributed by atoms with Gasteiger partial charge in [0.15, 0.2) is 5.69 Å². The van der Waals surface area contributed by atoms with Crippen LogP contribution in [-0.4, -0.2) is 43.4 Å². The van der Waals surface area contributed by atoms with E-state index >= 15 is 0 Å². The number of aromatic nitrogens is 2. The van der Waals surface area contributed by atoms with Crippen LogP contribution in [0, 0.1) is 5.82 Å². The van der Waals surface area contributed by atoms with Crippen LogP contribution in [0.2, 0.25) is 0 Å². The van der Waals surface area contributed by atoms with Crippen LogP contribution in [0.25, 0.3) is 10.9 Å². The summed E-state index contributed by atoms with van der Waals surface area (Å²) >= 11 is 0.988. The zero-order valence-corrected chi connectivity index (χ0v) is 20.0. The summed E-state index contributed by atoms with van der Waals surface area (Å²) < 4.78 is 85.4. The number of anilines is 1. The normalized spacial score (nSPS) is 13.1. The summed E-state index contributed by atoms with van der Waals surface area (Å²) in [6.07, 6.45) is -5.64. The van der Waals surface area contributed by atoms with Crippen molar-refractivity contribution >= 4 is 38.0 Å². The van der Waals surface area contributed by atoms with Gasteiger partial charge in [0.1, 0.15) is 22.4 Å². The number of nitrogens with zero attached hydrogens (tertiary/aromatic N) is 1. The molecule has 0 fully saturated rings. The number of thiophene rings is 1. The first-order chi connectivity index (χ1) is 17.0. The van der Waals surface area contributed by atoms with E-state index in [4.69, 9.17) is 4.74 Å². The molecule has 0 aliphatic carbocycles. The van der Waals surface area contributed by atoms with Crippen molar-refractivity contribution in [1.29, 1.82) is 0 Å². The third kappa shape index (κ3) is 5.95. The van der Waals surface area contributed by atoms with E-state index in [-0.39, 0.29) is 40.5 Å². The van der Waals surface area contributed by atoms with Gasteiger partial charge in [0, 0.05) is 24.5 Å². The molecule has 0 spiro atoms. The van der Waals surface area contributed by atoms with Gasteiger partial charge in [0.05, 0.1) is 17.3 Å². The first kappa shape index (κ1) is 25.9. The van der Waals surface area contributed by atoms with Crippen molar-refractivity contribution in [3.8, 4) is 5.75 Å². The molecule has 1 atom stereocenters. The summed E-state index contributed by atoms with van der Waals surface area (Å²) in [5, 5.41) is 20.5. The van der Waals surface area contributed by atoms with E-state index in [1.54, 1.807) is 11.4 Å². The topological polar surface area (TPSA) is 116 Å². The molecule has 2 aromatic carbocycles. The van der Waals surface area contributed by atoms with E-state index in [1.165, 1.54) is 36.4 Å². The molecule has 0 saturated heterocycles. The number of nitrogens with one attached hydrogen (secondary N) is 3. The van der Waals surface area contributed by atoms with Crippen molar-refractivity contribution in [3.05, 3.63) is 71.0 Å². The molecule has 14 heteroatoms. The van der Waals surface area contributed by atoms with Gasteiger partial charge >= 0.3 is 6.18 Å². The molecule has 1 unspecified atom stereocenters. The lowest BCUT2D eigenvalue weighted by Crippen LogP contribution is -2.26. The number of rotatable bonds is 10. The number of hydrogen-bond acceptors (Lipinski definition) is 7. The Morgan fingerprint density at radius 1 is 1.17 bits per heavy atom. The summed E-state index contributed by atoms with van der Waals surface area (Å²) in [6, 6.07) is 10.7. The van der Waals surface area contributed by atoms with Crippen LogP contribution in [0.15, 0.2) is 58.1 Å². The lowest BCUT2D eigenvalue weighted by molar-refractivity contribution is -0.139. The number of benzene rings is 2. The molecular formula is C22H20F4N4O4S2. The van der Waals surface area contributed by atoms with Crippen LogP contribution in [0.5, 0.6) is 5.75 Å². The SMILES string of the molecule is O=S(=O)(Nc1cc(C(O)CNCCOc2ccc3c(C(F)(F)F)n[nH]c3c2)ccc1F)c1cccs1. The predicted molar refractivity (Wildman–Crippen MR) is 126 cm³/mol. The largest absolute Gasteiger partial charge is 0.492 e. The van der Waals surface area contributed by atoms with E-state index in [0.717, 1.165) is 17.4 Å². The lowest BCUT2D eigenvalue weighted by atomic mass is 10.1. The Kier molecular flexibility index (Phi) is 7.49. The molecule has 2 aromatic heterocycles. The second kappa shape index (κ2) is 10.4. The van der Waals surface area contributed by atoms with Crippen LogP contribution in [0.4, 0.5) is 23.2 Å². The van der Waals surface area contributed by atoms with E-state index < -0.39 is 33.8 Å². The van der Waals surface area contributed by atoms with E-state index in [0.29, 0.717) is 11.3 Å². The maximum atomic E-state index is 14.2. The molecule has 0 aliphatic heterocycles. The van der Waals surface area contributed by atoms with Crippen LogP contribution in [-0.2, 0) is 16.2 Å². The zero-order valence-electron chi connectivity index (χ0n) is 18.3. The molecular weight excluding hydrogens is 524 g/mol. The minimum Gasteiger partial charge on any atom is -0.492 e. The third-order valence-electron chi connectivity index (χ3n) is 5.07. The molecule has 4 aromatic rings. The Morgan fingerprint density at radius 3 is 2.69 bits per heavy atom. The lowest BCUT2D eigenvalue weighted by Gasteiger charge is -2.15. The molecule has 4 N–H and O–H groups in total. The number of aliphatic hydroxyl groups is 1. The van der Waals surface area contributed by atoms with Gasteiger partial charge < -0.3 is 15.2 Å². The first-order valence-corrected chi connectivity index (χ1v) is 12.8. The number of alkyl halides is 3. The van der Waals surface area contributed by atoms with E-state index in [1.807, 2.05) is 0 Å². The molecule has 2 heterocycles. The van der Waals surface area contributed by atoms with Gasteiger partial charge in [-0.15, -0.1) is 11.3 Å². The Morgan fingerprint density at radius 2 is 1.97 bits per heavy atom. The van der Waals surface area contributed by atoms with Crippen molar-refractivity contribution < 1.29 is 35.8 Å². The highest BCUT2D eigenvalue weighted by Crippen LogP contribution is 2.34. The average molecular weight is 545 g/mol. The number of hydrogen-bond donors (Lipinski definition) is 4. The highest BCUT2D eigenvalue weighted by atomic mass is 32.2. The van der Waals surface area contributed by atoms with Crippen molar-refractivity contribution in [2.75, 3.05) is 24.4 Å². The number of aliphatic hydroxyl groups excluding tert-OH is 1. The summed E-state index contributed by atoms with van der Waals surface area (Å²) in [7, 11) is -3.95. The third-order valence-corrected chi connectivity index (χ3v) is 7.83. The number of fused-ring (bicyclic) bond motifs is 1. The monoisotopic (exact) mass is 544 g/mol. The summed E-state index contributed by atoms with van der Waals surface area (Å²) in [6.45, 7) is 0.485. The fourth-order valence-electron chi connectivity index (χ4n) is 3.34. The van der Waals surface area contributed by atoms with Crippen LogP contribution in [0.3, 0.4) is 0 Å². The van der Waals surface area contributed by atoms with Gasteiger partial charge in [-0.05, 0) is 41.3 Å². The zero-order chi connectivity index (χ0) is 25.9. The first-order valence-electron chi connectivity index (χ1n) is 10.5. The standard InChI is InChI=1S/C22H20F4N4O4S2/c23-16-6-3-13(10-18(16)30-36(32,33)20-2-1-9-35-20)19(31)12-27-7-8-34-14-4-5-15-17(11-14)28-29-21(15)22(24,25)26/h1-6,9-11,19,27,30-31H,7-8,12H2,(H,28,29). The van der Waals surface area contributed by atoms with Gasteiger partial charge in [0.25, 0.3) is 10.0 Å². The number of halogens is 4. The molecule has 4 rings (SSSR count). The molecule has 0 bridgehead atoms. The Labute approximate surface area is 207 Å². The van der Waals surface area contributed by atoms with Gasteiger partial charge in [-0.3, -0.25) is 9.82 Å². The van der Waals surface area contributed by atoms with Crippen LogP contribution >= 0.6 is 11.3 Å². The van der Waals surface area contributed by atoms with Gasteiger partial charge in [-0.25, -0.2) is 12.8 Å². The number of H-pyrrole nitrogens is 1. The number of sulfonamides is 1. The maximum absolute atomic E-state index is 14.2. The van der Waals surface area contributed by atoms with Crippen molar-refractivity contribution in [1.82, 2.24) is 15.5 Å². The van der Waals surface area contributed by atoms with Gasteiger partial charge in [-0.1, -0.05) is 12.1 Å². The fourth-order valence-corrected chi connectivity index (χ4v) is 5.39. The highest BCUT2D eigenvalue weighted by molar-refractivity contribution is 7.94. The maximum Gasteiger partial charge on any atom is 0.435 e. The molecule has 0 radical (unpaired) electrons. The van der Waals surface area contributed by atoms with Crippen molar-refractivity contribution in [3.63, 3.8) is 0 Å². The Balaban J connectivity index is 1.29. The smallest absolute Gasteiger partial charge is 0.435 e. The Bertz CT molecular complexity index is 1440. The Hall–Kier alpha value is -3.20. The van der Waals surface area contributed by atoms with Crippen molar-refractivity contribution in [2.24, 2.45) is 0 Å². The predicted octanol–water partition coefficient (Wildman–Crippen LogP) is 4.29. The molecule has 192 valence electrons. The number of ether oxygens (including phenoxy) is 1. The van der Waals surface area contributed by atoms with Crippen LogP contribution < -0.4 is 14.8 Å². The van der Waals surface area contributed by atoms with E-state index in [9.17, 15) is 31.1 Å². The molecule has 0 amide bonds. The summed E-state index contributed by atoms with van der Waals surface area (Å²) in [5.41, 5.74) is -0.807. The minimum atomic E-state index is -4.56. The quantitative estimate of drug-likeness (QED) is 0.175. The van der Waals surface area contributed by atoms with Crippen LogP contribution in [0.1, 0.15) is 17.4 Å². The number of aromatic amines is 1. The summed E-state index contributed by atoms with van der Waals surface area (Å²) in [5.74, 6) is -0.451. The van der Waals surface area contributed by atoms with Gasteiger partial charge in [-0.2, -0.15) is 18.3 Å². The van der Waals surface area contributed by atoms with Crippen molar-refractivity contribution in [2.45, 2.75) is 16.5 Å². The van der Waals surface area contributed by atoms with Gasteiger partial charge in [0.2, 0.25) is 0 Å². The average Bonchev–Trinajstić information content (AvgIpc) is 3.50. The fraction of sp³-hybridized carbons (Fsp3) is 0.227. The molecule has 8 nitrogen and oxygen atoms in total. The highest BCUT2D eigenvalue weighted by Gasteiger charge is 2.35. The van der Waals surface area contributed by atoms with E-state index in [2.05, 4.69) is 20.2 Å². The molecule has 0 aliphatic rings.